The number of hydrogen-bond donors (Lipinski definition) is 0. The number of hydrogen-bond acceptors (Lipinski definition) is 1. The molecule has 1 aliphatic carbocycles. The van der Waals surface area contributed by atoms with Crippen LogP contribution in [0.5, 0.6) is 0 Å². The third-order valence-electron chi connectivity index (χ3n) is 13.9. The van der Waals surface area contributed by atoms with Crippen LogP contribution < -0.4 is 15.7 Å². The average Bonchev–Trinajstić information content (AvgIpc) is 3.67. The Morgan fingerprint density at radius 1 is 0.491 bits per heavy atom. The Balaban J connectivity index is 1.26. The lowest BCUT2D eigenvalue weighted by molar-refractivity contribution is 0.637. The van der Waals surface area contributed by atoms with E-state index < -0.39 is 0 Å². The molecule has 0 amide bonds. The van der Waals surface area contributed by atoms with Gasteiger partial charge in [0.15, 0.2) is 0 Å². The lowest BCUT2D eigenvalue weighted by Gasteiger charge is -2.45. The predicted molar refractivity (Wildman–Crippen MR) is 232 cm³/mol. The van der Waals surface area contributed by atoms with Crippen molar-refractivity contribution in [3.63, 3.8) is 0 Å². The molecular weight excluding hydrogens is 663 g/mol. The maximum atomic E-state index is 2.71. The van der Waals surface area contributed by atoms with Gasteiger partial charge in [-0.15, -0.1) is 0 Å². The fourth-order valence-corrected chi connectivity index (χ4v) is 11.6. The van der Waals surface area contributed by atoms with Gasteiger partial charge in [0.25, 0.3) is 0 Å². The van der Waals surface area contributed by atoms with E-state index in [9.17, 15) is 0 Å². The van der Waals surface area contributed by atoms with Crippen molar-refractivity contribution in [1.82, 2.24) is 4.57 Å². The SMILES string of the molecule is CC1(C)c2ccccc2-c2cc(-c3cc4c5c6c3c3cc7ccccc7c7c3n6-c3c(cccc3C7(C)C)B5N(c3ccccc3)c3ccccc3-4)ccc21. The summed E-state index contributed by atoms with van der Waals surface area (Å²) in [7, 11) is 0. The van der Waals surface area contributed by atoms with Crippen LogP contribution in [-0.4, -0.2) is 11.4 Å². The first-order valence-corrected chi connectivity index (χ1v) is 19.7. The monoisotopic (exact) mass is 700 g/mol. The van der Waals surface area contributed by atoms with Gasteiger partial charge < -0.3 is 9.38 Å². The summed E-state index contributed by atoms with van der Waals surface area (Å²) in [6.45, 7) is 9.68. The minimum absolute atomic E-state index is 0.00933. The molecule has 9 aromatic rings. The van der Waals surface area contributed by atoms with E-state index in [0.717, 1.165) is 0 Å². The Hall–Kier alpha value is -6.32. The van der Waals surface area contributed by atoms with Crippen LogP contribution in [0.25, 0.3) is 71.6 Å². The summed E-state index contributed by atoms with van der Waals surface area (Å²) < 4.78 is 2.71. The van der Waals surface area contributed by atoms with E-state index in [1.54, 1.807) is 0 Å². The van der Waals surface area contributed by atoms with Gasteiger partial charge in [-0.3, -0.25) is 0 Å². The largest absolute Gasteiger partial charge is 0.376 e. The summed E-state index contributed by atoms with van der Waals surface area (Å²) in [5.41, 5.74) is 22.6. The van der Waals surface area contributed by atoms with Crippen molar-refractivity contribution in [3.05, 3.63) is 174 Å². The molecule has 0 saturated heterocycles. The van der Waals surface area contributed by atoms with Gasteiger partial charge in [-0.2, -0.15) is 0 Å². The Bertz CT molecular complexity index is 3220. The highest BCUT2D eigenvalue weighted by Crippen LogP contribution is 2.56. The van der Waals surface area contributed by atoms with Crippen LogP contribution in [0.4, 0.5) is 11.4 Å². The first-order chi connectivity index (χ1) is 26.8. The van der Waals surface area contributed by atoms with Crippen LogP contribution in [0.1, 0.15) is 49.9 Å². The normalized spacial score (nSPS) is 15.9. The van der Waals surface area contributed by atoms with E-state index in [0.29, 0.717) is 0 Å². The van der Waals surface area contributed by atoms with Crippen molar-refractivity contribution >= 4 is 61.7 Å². The van der Waals surface area contributed by atoms with Crippen LogP contribution >= 0.6 is 0 Å². The third kappa shape index (κ3) is 3.46. The number of aromatic nitrogens is 1. The number of para-hydroxylation sites is 3. The molecule has 2 nitrogen and oxygen atoms in total. The van der Waals surface area contributed by atoms with Gasteiger partial charge in [0.1, 0.15) is 0 Å². The predicted octanol–water partition coefficient (Wildman–Crippen LogP) is 11.8. The minimum Gasteiger partial charge on any atom is -0.376 e. The summed E-state index contributed by atoms with van der Waals surface area (Å²) in [6, 6.07) is 57.8. The van der Waals surface area contributed by atoms with E-state index in [4.69, 9.17) is 0 Å². The Labute approximate surface area is 321 Å². The molecule has 1 aromatic heterocycles. The minimum atomic E-state index is -0.220. The number of anilines is 2. The molecule has 8 aromatic carbocycles. The highest BCUT2D eigenvalue weighted by Gasteiger charge is 2.48. The van der Waals surface area contributed by atoms with Crippen molar-refractivity contribution < 1.29 is 0 Å². The molecule has 0 spiro atoms. The van der Waals surface area contributed by atoms with Crippen LogP contribution in [0, 0.1) is 0 Å². The molecular formula is C52H37BN2. The third-order valence-corrected chi connectivity index (χ3v) is 13.9. The van der Waals surface area contributed by atoms with E-state index in [-0.39, 0.29) is 17.7 Å². The Kier molecular flexibility index (Phi) is 5.39. The quantitative estimate of drug-likeness (QED) is 0.163. The van der Waals surface area contributed by atoms with Crippen molar-refractivity contribution in [3.8, 4) is 39.1 Å². The zero-order chi connectivity index (χ0) is 36.5. The second-order valence-electron chi connectivity index (χ2n) is 17.2. The van der Waals surface area contributed by atoms with Crippen LogP contribution in [0.15, 0.2) is 152 Å². The van der Waals surface area contributed by atoms with Gasteiger partial charge in [0.05, 0.1) is 11.0 Å². The molecule has 0 fully saturated rings. The lowest BCUT2D eigenvalue weighted by Crippen LogP contribution is -2.61. The van der Waals surface area contributed by atoms with Gasteiger partial charge in [-0.1, -0.05) is 143 Å². The summed E-state index contributed by atoms with van der Waals surface area (Å²) in [5.74, 6) is 0. The van der Waals surface area contributed by atoms with Gasteiger partial charge in [0, 0.05) is 44.2 Å². The summed E-state index contributed by atoms with van der Waals surface area (Å²) in [5, 5.41) is 5.36. The smallest absolute Gasteiger partial charge is 0.333 e. The van der Waals surface area contributed by atoms with Gasteiger partial charge in [-0.25, -0.2) is 0 Å². The van der Waals surface area contributed by atoms with Crippen molar-refractivity contribution in [2.45, 2.75) is 38.5 Å². The molecule has 0 saturated carbocycles. The Morgan fingerprint density at radius 3 is 2.09 bits per heavy atom. The molecule has 3 aliphatic heterocycles. The first-order valence-electron chi connectivity index (χ1n) is 19.7. The molecule has 0 radical (unpaired) electrons. The number of fused-ring (bicyclic) bond motifs is 9. The first kappa shape index (κ1) is 30.1. The molecule has 0 bridgehead atoms. The lowest BCUT2D eigenvalue weighted by atomic mass is 9.43. The van der Waals surface area contributed by atoms with E-state index >= 15 is 0 Å². The maximum Gasteiger partial charge on any atom is 0.333 e. The highest BCUT2D eigenvalue weighted by atomic mass is 15.1. The fourth-order valence-electron chi connectivity index (χ4n) is 11.6. The highest BCUT2D eigenvalue weighted by molar-refractivity contribution is 6.93. The molecule has 4 aliphatic rings. The van der Waals surface area contributed by atoms with Gasteiger partial charge in [0.2, 0.25) is 0 Å². The fraction of sp³-hybridized carbons (Fsp3) is 0.115. The van der Waals surface area contributed by atoms with E-state index in [2.05, 4.69) is 189 Å². The zero-order valence-electron chi connectivity index (χ0n) is 31.4. The second kappa shape index (κ2) is 9.86. The van der Waals surface area contributed by atoms with Crippen molar-refractivity contribution in [2.24, 2.45) is 0 Å². The standard InChI is InChI=1S/C52H37BN2/c1-51(2)40-21-12-10-19-34(40)37-27-31(25-26-41(37)51)36-29-38-35-20-11-13-24-44(35)55(32-16-6-5-7-17-32)53-43-23-14-22-42-49(43)54-48-39(45(36)50(54)47(38)53)28-30-15-8-9-18-33(30)46(48)52(42,3)4/h5-29H,1-4H3. The average molecular weight is 701 g/mol. The Morgan fingerprint density at radius 2 is 1.22 bits per heavy atom. The molecule has 3 heteroatoms. The summed E-state index contributed by atoms with van der Waals surface area (Å²) >= 11 is 0. The number of benzene rings is 8. The van der Waals surface area contributed by atoms with Crippen LogP contribution in [0.2, 0.25) is 0 Å². The number of nitrogens with zero attached hydrogens (tertiary/aromatic N) is 2. The summed E-state index contributed by atoms with van der Waals surface area (Å²) in [4.78, 5) is 2.63. The zero-order valence-corrected chi connectivity index (χ0v) is 31.4. The molecule has 258 valence electrons. The molecule has 4 heterocycles. The summed E-state index contributed by atoms with van der Waals surface area (Å²) in [6.07, 6.45) is 0. The molecule has 0 atom stereocenters. The van der Waals surface area contributed by atoms with E-state index in [1.807, 2.05) is 0 Å². The second-order valence-corrected chi connectivity index (χ2v) is 17.2. The van der Waals surface area contributed by atoms with Crippen molar-refractivity contribution in [2.75, 3.05) is 4.81 Å². The topological polar surface area (TPSA) is 8.17 Å². The number of rotatable bonds is 2. The molecule has 0 unspecified atom stereocenters. The molecule has 55 heavy (non-hydrogen) atoms. The van der Waals surface area contributed by atoms with Crippen LogP contribution in [0.3, 0.4) is 0 Å². The van der Waals surface area contributed by atoms with Crippen LogP contribution in [-0.2, 0) is 10.8 Å². The van der Waals surface area contributed by atoms with E-state index in [1.165, 1.54) is 116 Å². The molecule has 0 N–H and O–H groups in total. The van der Waals surface area contributed by atoms with Crippen molar-refractivity contribution in [1.29, 1.82) is 0 Å². The van der Waals surface area contributed by atoms with Gasteiger partial charge in [-0.05, 0) is 108 Å². The maximum absolute atomic E-state index is 2.71. The van der Waals surface area contributed by atoms with Gasteiger partial charge >= 0.3 is 6.85 Å². The molecule has 13 rings (SSSR count).